The Hall–Kier alpha value is -1.10. The van der Waals surface area contributed by atoms with Crippen molar-refractivity contribution in [3.8, 4) is 0 Å². The monoisotopic (exact) mass is 177 g/mol. The lowest BCUT2D eigenvalue weighted by molar-refractivity contribution is 0.197. The van der Waals surface area contributed by atoms with Gasteiger partial charge in [-0.25, -0.2) is 9.97 Å². The summed E-state index contributed by atoms with van der Waals surface area (Å²) in [5, 5.41) is 3.05. The number of anilines is 1. The summed E-state index contributed by atoms with van der Waals surface area (Å²) >= 11 is 0. The van der Waals surface area contributed by atoms with Crippen LogP contribution in [0, 0.1) is 0 Å². The molecule has 0 unspecified atom stereocenters. The van der Waals surface area contributed by atoms with Gasteiger partial charge in [0.05, 0.1) is 0 Å². The molecule has 0 aliphatic rings. The van der Waals surface area contributed by atoms with E-state index in [4.69, 9.17) is 12.6 Å². The summed E-state index contributed by atoms with van der Waals surface area (Å²) in [5.41, 5.74) is 0.572. The van der Waals surface area contributed by atoms with Crippen molar-refractivity contribution in [2.75, 3.05) is 25.6 Å². The maximum atomic E-state index is 5.43. The molecular weight excluding hydrogens is 165 g/mol. The van der Waals surface area contributed by atoms with Gasteiger partial charge in [-0.3, -0.25) is 0 Å². The molecule has 1 heterocycles. The van der Waals surface area contributed by atoms with Gasteiger partial charge in [-0.15, -0.1) is 0 Å². The van der Waals surface area contributed by atoms with Crippen molar-refractivity contribution in [1.82, 2.24) is 9.97 Å². The molecule has 0 fully saturated rings. The summed E-state index contributed by atoms with van der Waals surface area (Å²) in [7, 11) is 7.11. The van der Waals surface area contributed by atoms with Crippen LogP contribution in [0.4, 0.5) is 5.95 Å². The predicted molar refractivity (Wildman–Crippen MR) is 52.4 cm³/mol. The molecule has 1 N–H and O–H groups in total. The number of methoxy groups -OCH3 is 1. The molecule has 1 aromatic heterocycles. The van der Waals surface area contributed by atoms with Gasteiger partial charge in [0.15, 0.2) is 0 Å². The Bertz CT molecular complexity index is 240. The number of hydrogen-bond donors (Lipinski definition) is 1. The lowest BCUT2D eigenvalue weighted by atomic mass is 10.0. The van der Waals surface area contributed by atoms with E-state index in [2.05, 4.69) is 15.3 Å². The fourth-order valence-corrected chi connectivity index (χ4v) is 0.846. The van der Waals surface area contributed by atoms with Crippen molar-refractivity contribution in [2.45, 2.75) is 6.42 Å². The molecule has 4 nitrogen and oxygen atoms in total. The van der Waals surface area contributed by atoms with E-state index in [-0.39, 0.29) is 0 Å². The second kappa shape index (κ2) is 5.53. The van der Waals surface area contributed by atoms with Gasteiger partial charge in [-0.2, -0.15) is 0 Å². The van der Waals surface area contributed by atoms with Gasteiger partial charge in [0.2, 0.25) is 5.95 Å². The van der Waals surface area contributed by atoms with Gasteiger partial charge in [0, 0.05) is 32.7 Å². The molecule has 68 valence electrons. The van der Waals surface area contributed by atoms with E-state index >= 15 is 0 Å². The number of hydrogen-bond acceptors (Lipinski definition) is 4. The summed E-state index contributed by atoms with van der Waals surface area (Å²) in [4.78, 5) is 7.98. The first-order valence-corrected chi connectivity index (χ1v) is 4.13. The quantitative estimate of drug-likeness (QED) is 0.496. The fraction of sp³-hybridized carbons (Fsp3) is 0.500. The third-order valence-corrected chi connectivity index (χ3v) is 1.48. The van der Waals surface area contributed by atoms with E-state index < -0.39 is 0 Å². The van der Waals surface area contributed by atoms with Gasteiger partial charge < -0.3 is 10.1 Å². The molecule has 0 aromatic carbocycles. The van der Waals surface area contributed by atoms with Crippen molar-refractivity contribution in [1.29, 1.82) is 0 Å². The molecule has 5 heteroatoms. The lowest BCUT2D eigenvalue weighted by Crippen LogP contribution is -2.11. The highest BCUT2D eigenvalue weighted by molar-refractivity contribution is 6.31. The van der Waals surface area contributed by atoms with Crippen LogP contribution in [-0.2, 0) is 4.74 Å². The first-order valence-electron chi connectivity index (χ1n) is 4.13. The van der Waals surface area contributed by atoms with Crippen LogP contribution in [0.2, 0.25) is 0 Å². The average Bonchev–Trinajstić information content (AvgIpc) is 2.15. The van der Waals surface area contributed by atoms with E-state index in [1.807, 2.05) is 0 Å². The highest BCUT2D eigenvalue weighted by atomic mass is 16.5. The molecule has 1 rings (SSSR count). The number of aromatic nitrogens is 2. The molecule has 13 heavy (non-hydrogen) atoms. The molecule has 0 aliphatic heterocycles. The molecule has 0 saturated carbocycles. The van der Waals surface area contributed by atoms with Crippen LogP contribution in [0.3, 0.4) is 0 Å². The average molecular weight is 177 g/mol. The Morgan fingerprint density at radius 3 is 2.77 bits per heavy atom. The first kappa shape index (κ1) is 9.99. The van der Waals surface area contributed by atoms with Crippen LogP contribution in [0.5, 0.6) is 0 Å². The third-order valence-electron chi connectivity index (χ3n) is 1.48. The minimum atomic E-state index is 0.572. The summed E-state index contributed by atoms with van der Waals surface area (Å²) in [6, 6.07) is 0. The normalized spacial score (nSPS) is 9.92. The number of rotatable bonds is 5. The van der Waals surface area contributed by atoms with Gasteiger partial charge in [0.25, 0.3) is 0 Å². The number of nitrogens with one attached hydrogen (secondary N) is 1. The van der Waals surface area contributed by atoms with Gasteiger partial charge in [0.1, 0.15) is 7.85 Å². The zero-order valence-electron chi connectivity index (χ0n) is 7.66. The molecule has 0 spiro atoms. The van der Waals surface area contributed by atoms with Crippen molar-refractivity contribution in [3.63, 3.8) is 0 Å². The minimum Gasteiger partial charge on any atom is -0.385 e. The largest absolute Gasteiger partial charge is 0.385 e. The topological polar surface area (TPSA) is 47.0 Å². The summed E-state index contributed by atoms with van der Waals surface area (Å²) in [6.07, 6.45) is 4.08. The number of ether oxygens (including phenoxy) is 1. The molecule has 0 saturated heterocycles. The van der Waals surface area contributed by atoms with Gasteiger partial charge in [-0.1, -0.05) is 5.46 Å². The molecular formula is C8H12BN3O. The van der Waals surface area contributed by atoms with Crippen molar-refractivity contribution in [2.24, 2.45) is 0 Å². The third kappa shape index (κ3) is 3.89. The zero-order valence-corrected chi connectivity index (χ0v) is 7.66. The second-order valence-corrected chi connectivity index (χ2v) is 2.61. The number of nitrogens with zero attached hydrogens (tertiary/aromatic N) is 2. The van der Waals surface area contributed by atoms with Crippen molar-refractivity contribution >= 4 is 19.3 Å². The summed E-state index contributed by atoms with van der Waals surface area (Å²) in [6.45, 7) is 1.54. The van der Waals surface area contributed by atoms with E-state index in [0.717, 1.165) is 19.6 Å². The fourth-order valence-electron chi connectivity index (χ4n) is 0.846. The smallest absolute Gasteiger partial charge is 0.222 e. The van der Waals surface area contributed by atoms with Crippen LogP contribution in [0.15, 0.2) is 12.4 Å². The summed E-state index contributed by atoms with van der Waals surface area (Å²) < 4.78 is 4.90. The molecule has 0 amide bonds. The second-order valence-electron chi connectivity index (χ2n) is 2.61. The SMILES string of the molecule is [B]c1cnc(NCCCOC)nc1. The van der Waals surface area contributed by atoms with Crippen LogP contribution in [0.25, 0.3) is 0 Å². The Balaban J connectivity index is 2.25. The molecule has 0 atom stereocenters. The van der Waals surface area contributed by atoms with Crippen molar-refractivity contribution < 1.29 is 4.74 Å². The zero-order chi connectivity index (χ0) is 9.52. The highest BCUT2D eigenvalue weighted by Gasteiger charge is 1.92. The Morgan fingerprint density at radius 2 is 2.15 bits per heavy atom. The molecule has 1 aromatic rings. The standard InChI is InChI=1S/C8H12BN3O/c1-13-4-2-3-10-8-11-5-7(9)6-12-8/h5-6H,2-4H2,1H3,(H,10,11,12). The lowest BCUT2D eigenvalue weighted by Gasteiger charge is -2.03. The van der Waals surface area contributed by atoms with Gasteiger partial charge >= 0.3 is 0 Å². The predicted octanol–water partition coefficient (Wildman–Crippen LogP) is -0.281. The summed E-state index contributed by atoms with van der Waals surface area (Å²) in [5.74, 6) is 0.602. The van der Waals surface area contributed by atoms with Crippen LogP contribution in [0.1, 0.15) is 6.42 Å². The highest BCUT2D eigenvalue weighted by Crippen LogP contribution is 1.92. The maximum absolute atomic E-state index is 5.43. The van der Waals surface area contributed by atoms with E-state index in [9.17, 15) is 0 Å². The van der Waals surface area contributed by atoms with E-state index in [1.54, 1.807) is 19.5 Å². The van der Waals surface area contributed by atoms with Crippen LogP contribution in [-0.4, -0.2) is 38.1 Å². The Labute approximate surface area is 79.1 Å². The molecule has 0 aliphatic carbocycles. The van der Waals surface area contributed by atoms with Crippen molar-refractivity contribution in [3.05, 3.63) is 12.4 Å². The van der Waals surface area contributed by atoms with E-state index in [1.165, 1.54) is 0 Å². The van der Waals surface area contributed by atoms with Crippen LogP contribution >= 0.6 is 0 Å². The minimum absolute atomic E-state index is 0.572. The van der Waals surface area contributed by atoms with Crippen LogP contribution < -0.4 is 10.8 Å². The molecule has 2 radical (unpaired) electrons. The van der Waals surface area contributed by atoms with Gasteiger partial charge in [-0.05, 0) is 6.42 Å². The maximum Gasteiger partial charge on any atom is 0.222 e. The Morgan fingerprint density at radius 1 is 1.46 bits per heavy atom. The molecule has 0 bridgehead atoms. The van der Waals surface area contributed by atoms with E-state index in [0.29, 0.717) is 11.4 Å². The first-order chi connectivity index (χ1) is 6.33. The Kier molecular flexibility index (Phi) is 4.25.